The van der Waals surface area contributed by atoms with Crippen LogP contribution in [0.3, 0.4) is 0 Å². The predicted molar refractivity (Wildman–Crippen MR) is 113 cm³/mol. The first-order valence-electron chi connectivity index (χ1n) is 9.38. The fourth-order valence-electron chi connectivity index (χ4n) is 2.84. The lowest BCUT2D eigenvalue weighted by atomic mass is 10.0. The van der Waals surface area contributed by atoms with Crippen LogP contribution in [0.2, 0.25) is 0 Å². The zero-order valence-corrected chi connectivity index (χ0v) is 16.0. The average molecular weight is 376 g/mol. The lowest BCUT2D eigenvalue weighted by molar-refractivity contribution is 0.0536. The summed E-state index contributed by atoms with van der Waals surface area (Å²) in [7, 11) is 2.07. The van der Waals surface area contributed by atoms with E-state index in [9.17, 15) is 5.11 Å². The monoisotopic (exact) mass is 376 g/mol. The molecule has 1 unspecified atom stereocenters. The first-order chi connectivity index (χ1) is 13.7. The molecule has 0 fully saturated rings. The van der Waals surface area contributed by atoms with Crippen molar-refractivity contribution in [3.8, 4) is 5.75 Å². The van der Waals surface area contributed by atoms with Crippen molar-refractivity contribution in [2.75, 3.05) is 25.2 Å². The van der Waals surface area contributed by atoms with E-state index < -0.39 is 6.10 Å². The van der Waals surface area contributed by atoms with Gasteiger partial charge in [-0.15, -0.1) is 0 Å². The van der Waals surface area contributed by atoms with E-state index in [1.165, 1.54) is 11.1 Å². The standard InChI is InChI=1S/C24H26NO3/c1-25(21-5-3-2-4-6-21)22-13-9-19(10-14-22)7-8-20-11-15-24(16-12-20)28-18-23(27)17-26/h2-7,9-16,23,26-27H,8,17-18H2,1H3. The van der Waals surface area contributed by atoms with E-state index >= 15 is 0 Å². The second kappa shape index (κ2) is 9.93. The Morgan fingerprint density at radius 1 is 0.893 bits per heavy atom. The molecule has 0 aliphatic heterocycles. The number of aliphatic hydroxyl groups is 2. The minimum Gasteiger partial charge on any atom is -0.491 e. The van der Waals surface area contributed by atoms with Crippen molar-refractivity contribution in [3.05, 3.63) is 96.4 Å². The van der Waals surface area contributed by atoms with Gasteiger partial charge in [0.05, 0.1) is 6.61 Å². The molecule has 0 amide bonds. The Kier molecular flexibility index (Phi) is 7.06. The van der Waals surface area contributed by atoms with Crippen LogP contribution in [-0.4, -0.2) is 36.6 Å². The molecule has 3 aromatic rings. The van der Waals surface area contributed by atoms with Gasteiger partial charge in [0.1, 0.15) is 18.5 Å². The molecule has 0 bridgehead atoms. The molecule has 0 spiro atoms. The van der Waals surface area contributed by atoms with Gasteiger partial charge in [0.2, 0.25) is 0 Å². The molecular weight excluding hydrogens is 350 g/mol. The highest BCUT2D eigenvalue weighted by molar-refractivity contribution is 5.62. The second-order valence-corrected chi connectivity index (χ2v) is 6.69. The summed E-state index contributed by atoms with van der Waals surface area (Å²) in [6.07, 6.45) is 2.17. The third-order valence-corrected chi connectivity index (χ3v) is 4.57. The van der Waals surface area contributed by atoms with Gasteiger partial charge in [0.25, 0.3) is 0 Å². The van der Waals surface area contributed by atoms with Gasteiger partial charge in [-0.2, -0.15) is 0 Å². The molecule has 28 heavy (non-hydrogen) atoms. The van der Waals surface area contributed by atoms with Crippen molar-refractivity contribution >= 4 is 11.4 Å². The fourth-order valence-corrected chi connectivity index (χ4v) is 2.84. The maximum Gasteiger partial charge on any atom is 0.119 e. The summed E-state index contributed by atoms with van der Waals surface area (Å²) in [5, 5.41) is 18.1. The zero-order chi connectivity index (χ0) is 19.8. The third-order valence-electron chi connectivity index (χ3n) is 4.57. The van der Waals surface area contributed by atoms with Gasteiger partial charge in [0, 0.05) is 18.4 Å². The maximum absolute atomic E-state index is 9.32. The molecule has 0 saturated carbocycles. The van der Waals surface area contributed by atoms with E-state index in [0.29, 0.717) is 5.75 Å². The van der Waals surface area contributed by atoms with Crippen LogP contribution in [0.1, 0.15) is 11.1 Å². The van der Waals surface area contributed by atoms with E-state index in [0.717, 1.165) is 17.8 Å². The van der Waals surface area contributed by atoms with Crippen LogP contribution in [0.4, 0.5) is 11.4 Å². The van der Waals surface area contributed by atoms with Crippen LogP contribution in [0, 0.1) is 6.42 Å². The Bertz CT molecular complexity index is 832. The highest BCUT2D eigenvalue weighted by Crippen LogP contribution is 2.24. The predicted octanol–water partition coefficient (Wildman–Crippen LogP) is 3.98. The van der Waals surface area contributed by atoms with Crippen LogP contribution >= 0.6 is 0 Å². The summed E-state index contributed by atoms with van der Waals surface area (Å²) >= 11 is 0. The van der Waals surface area contributed by atoms with Crippen molar-refractivity contribution in [2.24, 2.45) is 0 Å². The molecule has 0 aromatic heterocycles. The van der Waals surface area contributed by atoms with Crippen LogP contribution in [0.5, 0.6) is 5.75 Å². The molecule has 2 N–H and O–H groups in total. The number of hydrogen-bond donors (Lipinski definition) is 2. The first kappa shape index (κ1) is 19.9. The minimum atomic E-state index is -0.850. The molecule has 3 aromatic carbocycles. The van der Waals surface area contributed by atoms with Gasteiger partial charge in [-0.1, -0.05) is 42.5 Å². The third kappa shape index (κ3) is 5.59. The van der Waals surface area contributed by atoms with Crippen molar-refractivity contribution in [1.29, 1.82) is 0 Å². The smallest absolute Gasteiger partial charge is 0.119 e. The number of aliphatic hydroxyl groups excluding tert-OH is 2. The summed E-state index contributed by atoms with van der Waals surface area (Å²) in [6, 6.07) is 26.6. The number of benzene rings is 3. The molecule has 4 heteroatoms. The molecule has 0 aliphatic carbocycles. The first-order valence-corrected chi connectivity index (χ1v) is 9.38. The average Bonchev–Trinajstić information content (AvgIpc) is 2.77. The highest BCUT2D eigenvalue weighted by atomic mass is 16.5. The van der Waals surface area contributed by atoms with Crippen molar-refractivity contribution in [1.82, 2.24) is 0 Å². The van der Waals surface area contributed by atoms with E-state index in [4.69, 9.17) is 9.84 Å². The van der Waals surface area contributed by atoms with Crippen LogP contribution < -0.4 is 9.64 Å². The van der Waals surface area contributed by atoms with Crippen LogP contribution in [0.15, 0.2) is 78.9 Å². The van der Waals surface area contributed by atoms with Gasteiger partial charge in [-0.25, -0.2) is 0 Å². The summed E-state index contributed by atoms with van der Waals surface area (Å²) in [6.45, 7) is -0.210. The normalized spacial score (nSPS) is 11.8. The quantitative estimate of drug-likeness (QED) is 0.593. The van der Waals surface area contributed by atoms with Gasteiger partial charge in [-0.3, -0.25) is 0 Å². The van der Waals surface area contributed by atoms with Crippen LogP contribution in [0.25, 0.3) is 0 Å². The Morgan fingerprint density at radius 3 is 2.18 bits per heavy atom. The van der Waals surface area contributed by atoms with E-state index in [-0.39, 0.29) is 13.2 Å². The van der Waals surface area contributed by atoms with Gasteiger partial charge >= 0.3 is 0 Å². The van der Waals surface area contributed by atoms with E-state index in [1.807, 2.05) is 42.5 Å². The summed E-state index contributed by atoms with van der Waals surface area (Å²) in [5.41, 5.74) is 4.67. The van der Waals surface area contributed by atoms with Gasteiger partial charge in [-0.05, 0) is 60.4 Å². The molecule has 1 atom stereocenters. The molecule has 0 saturated heterocycles. The fraction of sp³-hybridized carbons (Fsp3) is 0.208. The second-order valence-electron chi connectivity index (χ2n) is 6.69. The largest absolute Gasteiger partial charge is 0.491 e. The molecule has 1 radical (unpaired) electrons. The molecule has 0 heterocycles. The maximum atomic E-state index is 9.32. The topological polar surface area (TPSA) is 52.9 Å². The molecule has 145 valence electrons. The van der Waals surface area contributed by atoms with Crippen molar-refractivity contribution in [2.45, 2.75) is 12.5 Å². The summed E-state index contributed by atoms with van der Waals surface area (Å²) in [4.78, 5) is 2.16. The Morgan fingerprint density at radius 2 is 1.54 bits per heavy atom. The van der Waals surface area contributed by atoms with Crippen molar-refractivity contribution in [3.63, 3.8) is 0 Å². The van der Waals surface area contributed by atoms with Crippen LogP contribution in [-0.2, 0) is 6.42 Å². The minimum absolute atomic E-state index is 0.0890. The van der Waals surface area contributed by atoms with Crippen molar-refractivity contribution < 1.29 is 14.9 Å². The van der Waals surface area contributed by atoms with E-state index in [1.54, 1.807) is 0 Å². The van der Waals surface area contributed by atoms with Gasteiger partial charge in [0.15, 0.2) is 0 Å². The Balaban J connectivity index is 1.52. The zero-order valence-electron chi connectivity index (χ0n) is 16.0. The Hall–Kier alpha value is -2.82. The number of hydrogen-bond acceptors (Lipinski definition) is 4. The molecular formula is C24H26NO3. The highest BCUT2D eigenvalue weighted by Gasteiger charge is 2.05. The van der Waals surface area contributed by atoms with E-state index in [2.05, 4.69) is 54.8 Å². The molecule has 4 nitrogen and oxygen atoms in total. The lowest BCUT2D eigenvalue weighted by Crippen LogP contribution is -2.21. The number of anilines is 2. The Labute approximate surface area is 166 Å². The van der Waals surface area contributed by atoms with Gasteiger partial charge < -0.3 is 19.8 Å². The molecule has 3 rings (SSSR count). The summed E-state index contributed by atoms with van der Waals surface area (Å²) < 4.78 is 5.42. The number of ether oxygens (including phenoxy) is 1. The summed E-state index contributed by atoms with van der Waals surface area (Å²) in [5.74, 6) is 0.685. The SMILES string of the molecule is CN(c1ccccc1)c1ccc([CH]Cc2ccc(OCC(O)CO)cc2)cc1. The number of para-hydroxylation sites is 1. The number of nitrogens with zero attached hydrogens (tertiary/aromatic N) is 1. The lowest BCUT2D eigenvalue weighted by Gasteiger charge is -2.19. The molecule has 0 aliphatic rings. The number of rotatable bonds is 9.